The third kappa shape index (κ3) is 3.88. The Balaban J connectivity index is 1.81. The lowest BCUT2D eigenvalue weighted by molar-refractivity contribution is 0.0925. The third-order valence-electron chi connectivity index (χ3n) is 4.15. The van der Waals surface area contributed by atoms with E-state index in [0.717, 1.165) is 17.0 Å². The number of amides is 1. The number of tetrazole rings is 1. The summed E-state index contributed by atoms with van der Waals surface area (Å²) in [5, 5.41) is 14.2. The fraction of sp³-hybridized carbons (Fsp3) is 0.263. The maximum absolute atomic E-state index is 12.8. The number of hydrogen-bond acceptors (Lipinski definition) is 5. The Labute approximate surface area is 152 Å². The lowest BCUT2D eigenvalue weighted by atomic mass is 9.95. The second-order valence-corrected chi connectivity index (χ2v) is 6.27. The van der Waals surface area contributed by atoms with Crippen molar-refractivity contribution in [2.75, 3.05) is 7.11 Å². The van der Waals surface area contributed by atoms with E-state index < -0.39 is 0 Å². The van der Waals surface area contributed by atoms with Crippen LogP contribution in [0.1, 0.15) is 35.8 Å². The predicted molar refractivity (Wildman–Crippen MR) is 97.2 cm³/mol. The Kier molecular flexibility index (Phi) is 5.26. The Bertz CT molecular complexity index is 860. The zero-order chi connectivity index (χ0) is 18.5. The van der Waals surface area contributed by atoms with Gasteiger partial charge in [-0.1, -0.05) is 32.0 Å². The van der Waals surface area contributed by atoms with Gasteiger partial charge in [0.1, 0.15) is 12.1 Å². The van der Waals surface area contributed by atoms with Crippen molar-refractivity contribution in [2.24, 2.45) is 5.92 Å². The molecular formula is C19H21N5O2. The van der Waals surface area contributed by atoms with Gasteiger partial charge in [-0.15, -0.1) is 5.10 Å². The molecule has 0 saturated carbocycles. The highest BCUT2D eigenvalue weighted by Crippen LogP contribution is 2.24. The van der Waals surface area contributed by atoms with E-state index in [1.165, 1.54) is 11.0 Å². The molecule has 26 heavy (non-hydrogen) atoms. The highest BCUT2D eigenvalue weighted by molar-refractivity contribution is 5.95. The van der Waals surface area contributed by atoms with Gasteiger partial charge in [0.05, 0.1) is 18.8 Å². The highest BCUT2D eigenvalue weighted by Gasteiger charge is 2.19. The van der Waals surface area contributed by atoms with Gasteiger partial charge in [-0.25, -0.2) is 4.68 Å². The molecule has 0 radical (unpaired) electrons. The predicted octanol–water partition coefficient (Wildman–Crippen LogP) is 2.80. The SMILES string of the molecule is COc1ccc(C(NC(=O)c2cccc(-n3cnnn3)c2)C(C)C)cc1. The topological polar surface area (TPSA) is 81.9 Å². The van der Waals surface area contributed by atoms with Crippen LogP contribution in [-0.4, -0.2) is 33.2 Å². The number of aromatic nitrogens is 4. The van der Waals surface area contributed by atoms with E-state index >= 15 is 0 Å². The quantitative estimate of drug-likeness (QED) is 0.738. The maximum atomic E-state index is 12.8. The maximum Gasteiger partial charge on any atom is 0.251 e. The van der Waals surface area contributed by atoms with Crippen LogP contribution in [0.25, 0.3) is 5.69 Å². The van der Waals surface area contributed by atoms with Gasteiger partial charge in [-0.2, -0.15) is 0 Å². The van der Waals surface area contributed by atoms with E-state index in [4.69, 9.17) is 4.74 Å². The number of methoxy groups -OCH3 is 1. The molecule has 0 aliphatic heterocycles. The number of carbonyl (C=O) groups is 1. The lowest BCUT2D eigenvalue weighted by Crippen LogP contribution is -2.31. The third-order valence-corrected chi connectivity index (χ3v) is 4.15. The first-order chi connectivity index (χ1) is 12.6. The van der Waals surface area contributed by atoms with E-state index in [-0.39, 0.29) is 17.9 Å². The van der Waals surface area contributed by atoms with Gasteiger partial charge in [-0.3, -0.25) is 4.79 Å². The summed E-state index contributed by atoms with van der Waals surface area (Å²) in [6.07, 6.45) is 1.49. The van der Waals surface area contributed by atoms with Gasteiger partial charge >= 0.3 is 0 Å². The summed E-state index contributed by atoms with van der Waals surface area (Å²) in [5.41, 5.74) is 2.32. The van der Waals surface area contributed by atoms with Crippen LogP contribution in [0.4, 0.5) is 0 Å². The second kappa shape index (κ2) is 7.77. The van der Waals surface area contributed by atoms with E-state index in [9.17, 15) is 4.79 Å². The molecule has 3 rings (SSSR count). The van der Waals surface area contributed by atoms with Crippen molar-refractivity contribution in [3.05, 3.63) is 66.0 Å². The first-order valence-electron chi connectivity index (χ1n) is 8.36. The molecule has 134 valence electrons. The summed E-state index contributed by atoms with van der Waals surface area (Å²) < 4.78 is 6.72. The average molecular weight is 351 g/mol. The fourth-order valence-electron chi connectivity index (χ4n) is 2.74. The first-order valence-corrected chi connectivity index (χ1v) is 8.36. The Hall–Kier alpha value is -3.22. The van der Waals surface area contributed by atoms with Crippen LogP contribution in [0.5, 0.6) is 5.75 Å². The smallest absolute Gasteiger partial charge is 0.251 e. The van der Waals surface area contributed by atoms with Crippen LogP contribution >= 0.6 is 0 Å². The van der Waals surface area contributed by atoms with Gasteiger partial charge in [-0.05, 0) is 52.2 Å². The molecule has 0 bridgehead atoms. The van der Waals surface area contributed by atoms with Gasteiger partial charge < -0.3 is 10.1 Å². The molecule has 0 spiro atoms. The van der Waals surface area contributed by atoms with E-state index in [1.807, 2.05) is 36.4 Å². The monoisotopic (exact) mass is 351 g/mol. The van der Waals surface area contributed by atoms with Gasteiger partial charge in [0.15, 0.2) is 0 Å². The van der Waals surface area contributed by atoms with Crippen molar-refractivity contribution >= 4 is 5.91 Å². The number of carbonyl (C=O) groups excluding carboxylic acids is 1. The largest absolute Gasteiger partial charge is 0.497 e. The molecule has 1 N–H and O–H groups in total. The molecule has 2 aromatic carbocycles. The van der Waals surface area contributed by atoms with E-state index in [2.05, 4.69) is 34.7 Å². The summed E-state index contributed by atoms with van der Waals surface area (Å²) in [5.74, 6) is 0.876. The van der Waals surface area contributed by atoms with E-state index in [0.29, 0.717) is 5.56 Å². The zero-order valence-corrected chi connectivity index (χ0v) is 15.0. The molecule has 1 unspecified atom stereocenters. The first kappa shape index (κ1) is 17.6. The highest BCUT2D eigenvalue weighted by atomic mass is 16.5. The van der Waals surface area contributed by atoms with Crippen molar-refractivity contribution in [3.8, 4) is 11.4 Å². The number of nitrogens with one attached hydrogen (secondary N) is 1. The van der Waals surface area contributed by atoms with Gasteiger partial charge in [0.2, 0.25) is 0 Å². The molecule has 1 heterocycles. The molecule has 1 amide bonds. The molecule has 3 aromatic rings. The molecule has 7 heteroatoms. The standard InChI is InChI=1S/C19H21N5O2/c1-13(2)18(14-7-9-17(26-3)10-8-14)21-19(25)15-5-4-6-16(11-15)24-12-20-22-23-24/h4-13,18H,1-3H3,(H,21,25). The normalized spacial score (nSPS) is 12.0. The molecule has 7 nitrogen and oxygen atoms in total. The van der Waals surface area contributed by atoms with Crippen LogP contribution in [-0.2, 0) is 0 Å². The number of nitrogens with zero attached hydrogens (tertiary/aromatic N) is 4. The minimum atomic E-state index is -0.144. The average Bonchev–Trinajstić information content (AvgIpc) is 3.21. The number of ether oxygens (including phenoxy) is 1. The van der Waals surface area contributed by atoms with Gasteiger partial charge in [0, 0.05) is 5.56 Å². The van der Waals surface area contributed by atoms with Crippen molar-refractivity contribution < 1.29 is 9.53 Å². The summed E-state index contributed by atoms with van der Waals surface area (Å²) in [7, 11) is 1.63. The molecule has 0 fully saturated rings. The van der Waals surface area contributed by atoms with Gasteiger partial charge in [0.25, 0.3) is 5.91 Å². The summed E-state index contributed by atoms with van der Waals surface area (Å²) in [6.45, 7) is 4.15. The minimum absolute atomic E-state index is 0.106. The number of hydrogen-bond donors (Lipinski definition) is 1. The van der Waals surface area contributed by atoms with Crippen molar-refractivity contribution in [3.63, 3.8) is 0 Å². The van der Waals surface area contributed by atoms with Crippen LogP contribution in [0.15, 0.2) is 54.9 Å². The molecule has 0 saturated heterocycles. The van der Waals surface area contributed by atoms with Crippen molar-refractivity contribution in [1.82, 2.24) is 25.5 Å². The summed E-state index contributed by atoms with van der Waals surface area (Å²) in [4.78, 5) is 12.8. The molecule has 0 aliphatic rings. The Morgan fingerprint density at radius 3 is 2.54 bits per heavy atom. The fourth-order valence-corrected chi connectivity index (χ4v) is 2.74. The van der Waals surface area contributed by atoms with Crippen molar-refractivity contribution in [1.29, 1.82) is 0 Å². The molecule has 0 aliphatic carbocycles. The molecule has 1 atom stereocenters. The minimum Gasteiger partial charge on any atom is -0.497 e. The Morgan fingerprint density at radius 2 is 1.92 bits per heavy atom. The van der Waals surface area contributed by atoms with Crippen LogP contribution in [0.3, 0.4) is 0 Å². The van der Waals surface area contributed by atoms with Crippen molar-refractivity contribution in [2.45, 2.75) is 19.9 Å². The lowest BCUT2D eigenvalue weighted by Gasteiger charge is -2.23. The van der Waals surface area contributed by atoms with Crippen LogP contribution in [0.2, 0.25) is 0 Å². The number of rotatable bonds is 6. The zero-order valence-electron chi connectivity index (χ0n) is 15.0. The van der Waals surface area contributed by atoms with E-state index in [1.54, 1.807) is 19.2 Å². The second-order valence-electron chi connectivity index (χ2n) is 6.27. The Morgan fingerprint density at radius 1 is 1.15 bits per heavy atom. The van der Waals surface area contributed by atoms with Crippen LogP contribution < -0.4 is 10.1 Å². The molecular weight excluding hydrogens is 330 g/mol. The summed E-state index contributed by atoms with van der Waals surface area (Å²) in [6, 6.07) is 14.8. The van der Waals surface area contributed by atoms with Crippen LogP contribution in [0, 0.1) is 5.92 Å². The summed E-state index contributed by atoms with van der Waals surface area (Å²) >= 11 is 0. The molecule has 1 aromatic heterocycles. The number of benzene rings is 2.